The van der Waals surface area contributed by atoms with Crippen LogP contribution in [0.15, 0.2) is 48.5 Å². The first-order chi connectivity index (χ1) is 9.74. The minimum atomic E-state index is -0.145. The number of nitriles is 1. The van der Waals surface area contributed by atoms with Gasteiger partial charge in [0.2, 0.25) is 0 Å². The first kappa shape index (κ1) is 13.9. The van der Waals surface area contributed by atoms with Crippen molar-refractivity contribution in [3.8, 4) is 6.07 Å². The van der Waals surface area contributed by atoms with E-state index in [-0.39, 0.29) is 12.6 Å². The van der Waals surface area contributed by atoms with Crippen molar-refractivity contribution in [2.45, 2.75) is 12.5 Å². The monoisotopic (exact) mass is 267 g/mol. The smallest absolute Gasteiger partial charge is 0.101 e. The molecule has 2 rings (SSSR count). The van der Waals surface area contributed by atoms with Gasteiger partial charge in [0.15, 0.2) is 0 Å². The predicted octanol–water partition coefficient (Wildman–Crippen LogP) is 2.16. The highest BCUT2D eigenvalue weighted by molar-refractivity contribution is 5.73. The third-order valence-corrected chi connectivity index (χ3v) is 3.13. The molecule has 0 heterocycles. The Kier molecular flexibility index (Phi) is 4.59. The molecule has 1 atom stereocenters. The number of hydrogen-bond donors (Lipinski definition) is 3. The van der Waals surface area contributed by atoms with Gasteiger partial charge in [-0.2, -0.15) is 5.26 Å². The molecular weight excluding hydrogens is 250 g/mol. The number of aliphatic hydroxyl groups excluding tert-OH is 1. The molecule has 0 aliphatic heterocycles. The predicted molar refractivity (Wildman–Crippen MR) is 80.2 cm³/mol. The van der Waals surface area contributed by atoms with E-state index in [2.05, 4.69) is 5.32 Å². The summed E-state index contributed by atoms with van der Waals surface area (Å²) < 4.78 is 0. The van der Waals surface area contributed by atoms with Crippen LogP contribution >= 0.6 is 0 Å². The molecule has 1 unspecified atom stereocenters. The second kappa shape index (κ2) is 6.60. The third-order valence-electron chi connectivity index (χ3n) is 3.13. The quantitative estimate of drug-likeness (QED) is 0.725. The van der Waals surface area contributed by atoms with Gasteiger partial charge in [0.05, 0.1) is 29.6 Å². The molecular formula is C16H17N3O. The Labute approximate surface area is 118 Å². The Morgan fingerprint density at radius 3 is 2.55 bits per heavy atom. The van der Waals surface area contributed by atoms with Gasteiger partial charge in [0, 0.05) is 0 Å². The Bertz CT molecular complexity index is 605. The number of nitrogens with two attached hydrogens (primary N) is 1. The second-order valence-corrected chi connectivity index (χ2v) is 4.59. The van der Waals surface area contributed by atoms with E-state index in [1.807, 2.05) is 42.5 Å². The fourth-order valence-corrected chi connectivity index (χ4v) is 2.07. The first-order valence-electron chi connectivity index (χ1n) is 6.44. The van der Waals surface area contributed by atoms with E-state index in [0.29, 0.717) is 23.4 Å². The van der Waals surface area contributed by atoms with Crippen molar-refractivity contribution in [1.82, 2.24) is 0 Å². The average Bonchev–Trinajstić information content (AvgIpc) is 2.49. The van der Waals surface area contributed by atoms with E-state index in [1.54, 1.807) is 12.1 Å². The van der Waals surface area contributed by atoms with Crippen molar-refractivity contribution in [2.24, 2.45) is 0 Å². The minimum absolute atomic E-state index is 0.00881. The number of aliphatic hydroxyl groups is 1. The zero-order chi connectivity index (χ0) is 14.4. The van der Waals surface area contributed by atoms with Gasteiger partial charge in [-0.05, 0) is 24.1 Å². The molecule has 0 fully saturated rings. The van der Waals surface area contributed by atoms with Gasteiger partial charge in [-0.3, -0.25) is 0 Å². The molecule has 0 saturated heterocycles. The van der Waals surface area contributed by atoms with Crippen LogP contribution in [-0.4, -0.2) is 17.8 Å². The first-order valence-corrected chi connectivity index (χ1v) is 6.44. The van der Waals surface area contributed by atoms with Gasteiger partial charge in [-0.15, -0.1) is 0 Å². The fourth-order valence-electron chi connectivity index (χ4n) is 2.07. The van der Waals surface area contributed by atoms with Crippen LogP contribution in [0.3, 0.4) is 0 Å². The normalized spacial score (nSPS) is 11.6. The molecule has 4 nitrogen and oxygen atoms in total. The van der Waals surface area contributed by atoms with E-state index < -0.39 is 0 Å². The van der Waals surface area contributed by atoms with Crippen molar-refractivity contribution in [2.75, 3.05) is 17.7 Å². The number of anilines is 2. The number of nitrogens with zero attached hydrogens (tertiary/aromatic N) is 1. The number of nitrogens with one attached hydrogen (secondary N) is 1. The van der Waals surface area contributed by atoms with E-state index in [0.717, 1.165) is 5.56 Å². The summed E-state index contributed by atoms with van der Waals surface area (Å²) in [5.74, 6) is 0. The van der Waals surface area contributed by atoms with Gasteiger partial charge in [-0.1, -0.05) is 36.4 Å². The Morgan fingerprint density at radius 2 is 1.90 bits per heavy atom. The summed E-state index contributed by atoms with van der Waals surface area (Å²) in [4.78, 5) is 0. The zero-order valence-electron chi connectivity index (χ0n) is 11.1. The maximum atomic E-state index is 9.50. The van der Waals surface area contributed by atoms with Gasteiger partial charge in [0.25, 0.3) is 0 Å². The van der Waals surface area contributed by atoms with Crippen LogP contribution in [0.1, 0.15) is 11.1 Å². The Morgan fingerprint density at radius 1 is 1.15 bits per heavy atom. The minimum Gasteiger partial charge on any atom is -0.396 e. The molecule has 0 spiro atoms. The number of rotatable bonds is 5. The molecule has 0 aliphatic rings. The Balaban J connectivity index is 2.13. The maximum Gasteiger partial charge on any atom is 0.101 e. The van der Waals surface area contributed by atoms with E-state index in [4.69, 9.17) is 11.0 Å². The average molecular weight is 267 g/mol. The molecule has 0 saturated carbocycles. The molecule has 0 aliphatic carbocycles. The molecule has 0 aromatic heterocycles. The van der Waals surface area contributed by atoms with Crippen LogP contribution in [0.5, 0.6) is 0 Å². The fraction of sp³-hybridized carbons (Fsp3) is 0.188. The van der Waals surface area contributed by atoms with Crippen molar-refractivity contribution < 1.29 is 5.11 Å². The summed E-state index contributed by atoms with van der Waals surface area (Å²) in [7, 11) is 0. The van der Waals surface area contributed by atoms with Crippen LogP contribution in [0.4, 0.5) is 11.4 Å². The van der Waals surface area contributed by atoms with Crippen LogP contribution in [0.25, 0.3) is 0 Å². The largest absolute Gasteiger partial charge is 0.396 e. The van der Waals surface area contributed by atoms with Gasteiger partial charge in [0.1, 0.15) is 6.07 Å². The number of para-hydroxylation sites is 1. The number of benzene rings is 2. The van der Waals surface area contributed by atoms with E-state index in [1.165, 1.54) is 0 Å². The zero-order valence-corrected chi connectivity index (χ0v) is 11.1. The summed E-state index contributed by atoms with van der Waals surface area (Å²) in [6.45, 7) is -0.00881. The molecule has 0 radical (unpaired) electrons. The summed E-state index contributed by atoms with van der Waals surface area (Å²) in [6, 6.07) is 17.1. The summed E-state index contributed by atoms with van der Waals surface area (Å²) >= 11 is 0. The molecule has 0 bridgehead atoms. The molecule has 2 aromatic rings. The van der Waals surface area contributed by atoms with Crippen molar-refractivity contribution >= 4 is 11.4 Å². The lowest BCUT2D eigenvalue weighted by Gasteiger charge is -2.19. The van der Waals surface area contributed by atoms with Crippen LogP contribution in [0, 0.1) is 11.3 Å². The molecule has 102 valence electrons. The van der Waals surface area contributed by atoms with Gasteiger partial charge in [-0.25, -0.2) is 0 Å². The number of hydrogen-bond acceptors (Lipinski definition) is 4. The standard InChI is InChI=1S/C16H17N3O/c17-10-13-7-4-8-15(16(13)18)19-14(11-20)9-12-5-2-1-3-6-12/h1-8,14,19-20H,9,11,18H2. The van der Waals surface area contributed by atoms with E-state index >= 15 is 0 Å². The van der Waals surface area contributed by atoms with Crippen LogP contribution in [-0.2, 0) is 6.42 Å². The summed E-state index contributed by atoms with van der Waals surface area (Å²) in [5.41, 5.74) is 8.59. The lowest BCUT2D eigenvalue weighted by molar-refractivity contribution is 0.274. The van der Waals surface area contributed by atoms with Crippen LogP contribution in [0.2, 0.25) is 0 Å². The summed E-state index contributed by atoms with van der Waals surface area (Å²) in [6.07, 6.45) is 0.688. The lowest BCUT2D eigenvalue weighted by atomic mass is 10.1. The van der Waals surface area contributed by atoms with Crippen molar-refractivity contribution in [3.63, 3.8) is 0 Å². The highest BCUT2D eigenvalue weighted by Crippen LogP contribution is 2.23. The highest BCUT2D eigenvalue weighted by Gasteiger charge is 2.11. The second-order valence-electron chi connectivity index (χ2n) is 4.59. The van der Waals surface area contributed by atoms with Crippen molar-refractivity contribution in [1.29, 1.82) is 5.26 Å². The molecule has 4 heteroatoms. The Hall–Kier alpha value is -2.51. The van der Waals surface area contributed by atoms with Crippen molar-refractivity contribution in [3.05, 3.63) is 59.7 Å². The maximum absolute atomic E-state index is 9.50. The van der Waals surface area contributed by atoms with Gasteiger partial charge < -0.3 is 16.2 Å². The molecule has 20 heavy (non-hydrogen) atoms. The third kappa shape index (κ3) is 3.28. The van der Waals surface area contributed by atoms with Crippen LogP contribution < -0.4 is 11.1 Å². The van der Waals surface area contributed by atoms with Gasteiger partial charge >= 0.3 is 0 Å². The summed E-state index contributed by atoms with van der Waals surface area (Å²) in [5, 5.41) is 21.7. The highest BCUT2D eigenvalue weighted by atomic mass is 16.3. The lowest BCUT2D eigenvalue weighted by Crippen LogP contribution is -2.26. The SMILES string of the molecule is N#Cc1cccc(NC(CO)Cc2ccccc2)c1N. The number of nitrogen functional groups attached to an aromatic ring is 1. The molecule has 2 aromatic carbocycles. The molecule has 0 amide bonds. The van der Waals surface area contributed by atoms with E-state index in [9.17, 15) is 5.11 Å². The topological polar surface area (TPSA) is 82.1 Å². The molecule has 4 N–H and O–H groups in total.